The van der Waals surface area contributed by atoms with Gasteiger partial charge in [-0.2, -0.15) is 0 Å². The van der Waals surface area contributed by atoms with Gasteiger partial charge in [-0.1, -0.05) is 6.42 Å². The maximum Gasteiger partial charge on any atom is 0.306 e. The standard InChI is InChI=1S/C27H31F2N3O4.C2H4O2/c1-14-7-8-17-19(31(14)2)10-11-20-24(17)30-26(32(20)16-6-4-5-15(13-16)27(34)35)25(33)22-21(36-3)12-9-18(28)23(22)29;1-4-2-3/h9-12,14-16,25,33H,4-8,13H2,1-3H3,(H,34,35);2H,1H3. The molecule has 9 nitrogen and oxygen atoms in total. The monoisotopic (exact) mass is 559 g/mol. The van der Waals surface area contributed by atoms with E-state index >= 15 is 4.39 Å². The first-order chi connectivity index (χ1) is 19.1. The van der Waals surface area contributed by atoms with E-state index in [4.69, 9.17) is 14.5 Å². The summed E-state index contributed by atoms with van der Waals surface area (Å²) in [6.07, 6.45) is 2.49. The number of aliphatic hydroxyl groups is 1. The lowest BCUT2D eigenvalue weighted by atomic mass is 9.85. The second kappa shape index (κ2) is 12.2. The molecule has 0 bridgehead atoms. The number of methoxy groups -OCH3 is 2. The number of carbonyl (C=O) groups is 2. The number of carboxylic acid groups (broad SMARTS) is 1. The summed E-state index contributed by atoms with van der Waals surface area (Å²) in [6, 6.07) is 6.32. The van der Waals surface area contributed by atoms with Gasteiger partial charge in [0, 0.05) is 30.4 Å². The zero-order valence-corrected chi connectivity index (χ0v) is 23.1. The van der Waals surface area contributed by atoms with Gasteiger partial charge < -0.3 is 29.2 Å². The number of nitrogens with zero attached hydrogens (tertiary/aromatic N) is 3. The highest BCUT2D eigenvalue weighted by Gasteiger charge is 2.35. The van der Waals surface area contributed by atoms with Gasteiger partial charge in [0.25, 0.3) is 6.47 Å². The summed E-state index contributed by atoms with van der Waals surface area (Å²) >= 11 is 0. The van der Waals surface area contributed by atoms with Crippen LogP contribution < -0.4 is 9.64 Å². The Morgan fingerprint density at radius 3 is 2.55 bits per heavy atom. The van der Waals surface area contributed by atoms with Gasteiger partial charge in [-0.25, -0.2) is 13.8 Å². The summed E-state index contributed by atoms with van der Waals surface area (Å²) in [4.78, 5) is 27.8. The Morgan fingerprint density at radius 1 is 1.18 bits per heavy atom. The number of hydrogen-bond acceptors (Lipinski definition) is 7. The molecule has 1 saturated carbocycles. The molecule has 2 aromatic carbocycles. The average molecular weight is 560 g/mol. The van der Waals surface area contributed by atoms with Crippen LogP contribution in [0.4, 0.5) is 14.5 Å². The Labute approximate surface area is 231 Å². The van der Waals surface area contributed by atoms with Gasteiger partial charge in [0.05, 0.1) is 36.7 Å². The fourth-order valence-electron chi connectivity index (χ4n) is 5.90. The van der Waals surface area contributed by atoms with Crippen molar-refractivity contribution >= 4 is 29.2 Å². The molecule has 216 valence electrons. The highest BCUT2D eigenvalue weighted by atomic mass is 19.2. The van der Waals surface area contributed by atoms with E-state index in [-0.39, 0.29) is 23.2 Å². The van der Waals surface area contributed by atoms with E-state index < -0.39 is 29.6 Å². The number of carboxylic acids is 1. The quantitative estimate of drug-likeness (QED) is 0.415. The number of aryl methyl sites for hydroxylation is 1. The fraction of sp³-hybridized carbons (Fsp3) is 0.483. The van der Waals surface area contributed by atoms with E-state index in [1.54, 1.807) is 0 Å². The van der Waals surface area contributed by atoms with Crippen molar-refractivity contribution in [2.24, 2.45) is 5.92 Å². The van der Waals surface area contributed by atoms with Crippen molar-refractivity contribution in [2.75, 3.05) is 26.2 Å². The molecule has 0 radical (unpaired) electrons. The highest BCUT2D eigenvalue weighted by Crippen LogP contribution is 2.43. The molecule has 11 heteroatoms. The molecule has 3 aromatic rings. The van der Waals surface area contributed by atoms with Gasteiger partial charge in [-0.15, -0.1) is 0 Å². The molecule has 2 aliphatic rings. The van der Waals surface area contributed by atoms with Crippen LogP contribution in [0.2, 0.25) is 0 Å². The van der Waals surface area contributed by atoms with Crippen molar-refractivity contribution in [2.45, 2.75) is 63.6 Å². The number of fused-ring (bicyclic) bond motifs is 3. The number of aromatic nitrogens is 2. The Hall–Kier alpha value is -3.73. The van der Waals surface area contributed by atoms with Gasteiger partial charge in [0.2, 0.25) is 0 Å². The topological polar surface area (TPSA) is 114 Å². The Morgan fingerprint density at radius 2 is 1.90 bits per heavy atom. The van der Waals surface area contributed by atoms with Gasteiger partial charge in [-0.3, -0.25) is 9.59 Å². The molecular weight excluding hydrogens is 524 g/mol. The summed E-state index contributed by atoms with van der Waals surface area (Å²) < 4.78 is 40.2. The van der Waals surface area contributed by atoms with Gasteiger partial charge in [0.1, 0.15) is 17.7 Å². The van der Waals surface area contributed by atoms with E-state index in [1.165, 1.54) is 20.3 Å². The molecule has 40 heavy (non-hydrogen) atoms. The minimum atomic E-state index is -1.61. The van der Waals surface area contributed by atoms with E-state index in [1.807, 2.05) is 23.7 Å². The van der Waals surface area contributed by atoms with Crippen molar-refractivity contribution < 1.29 is 38.1 Å². The van der Waals surface area contributed by atoms with E-state index in [2.05, 4.69) is 16.6 Å². The van der Waals surface area contributed by atoms with Gasteiger partial charge in [0.15, 0.2) is 11.6 Å². The van der Waals surface area contributed by atoms with Gasteiger partial charge in [-0.05, 0) is 63.3 Å². The highest BCUT2D eigenvalue weighted by molar-refractivity contribution is 5.86. The molecule has 0 saturated heterocycles. The van der Waals surface area contributed by atoms with Crippen molar-refractivity contribution in [1.29, 1.82) is 0 Å². The third-order valence-corrected chi connectivity index (χ3v) is 8.11. The molecule has 0 spiro atoms. The minimum absolute atomic E-state index is 0.0163. The molecule has 1 aromatic heterocycles. The predicted octanol–water partition coefficient (Wildman–Crippen LogP) is 4.78. The Balaban J connectivity index is 0.000000867. The molecule has 1 aliphatic heterocycles. The average Bonchev–Trinajstić information content (AvgIpc) is 3.36. The summed E-state index contributed by atoms with van der Waals surface area (Å²) in [6.45, 7) is 2.54. The molecule has 4 unspecified atom stereocenters. The molecular formula is C29H35F2N3O6. The normalized spacial score (nSPS) is 21.2. The SMILES string of the molecule is COC=O.COc1ccc(F)c(F)c1C(O)c1nc2c3c(ccc2n1C1CCCC(C(=O)O)C1)N(C)C(C)CC3. The van der Waals surface area contributed by atoms with Crippen LogP contribution in [0.3, 0.4) is 0 Å². The predicted molar refractivity (Wildman–Crippen MR) is 145 cm³/mol. The lowest BCUT2D eigenvalue weighted by Crippen LogP contribution is -2.33. The van der Waals surface area contributed by atoms with Crippen molar-refractivity contribution in [3.8, 4) is 5.75 Å². The van der Waals surface area contributed by atoms with Crippen LogP contribution in [0.15, 0.2) is 24.3 Å². The number of carbonyl (C=O) groups excluding carboxylic acids is 1. The van der Waals surface area contributed by atoms with E-state index in [0.29, 0.717) is 43.7 Å². The second-order valence-electron chi connectivity index (χ2n) is 10.3. The lowest BCUT2D eigenvalue weighted by molar-refractivity contribution is -0.143. The largest absolute Gasteiger partial charge is 0.496 e. The van der Waals surface area contributed by atoms with E-state index in [0.717, 1.165) is 35.7 Å². The van der Waals surface area contributed by atoms with Crippen LogP contribution in [-0.2, 0) is 20.7 Å². The minimum Gasteiger partial charge on any atom is -0.496 e. The number of ether oxygens (including phenoxy) is 2. The van der Waals surface area contributed by atoms with Crippen LogP contribution in [-0.4, -0.2) is 59.5 Å². The summed E-state index contributed by atoms with van der Waals surface area (Å²) in [5, 5.41) is 21.2. The maximum atomic E-state index is 15.0. The first kappa shape index (κ1) is 29.3. The third-order valence-electron chi connectivity index (χ3n) is 8.11. The lowest BCUT2D eigenvalue weighted by Gasteiger charge is -2.34. The molecule has 2 heterocycles. The third kappa shape index (κ3) is 5.34. The van der Waals surface area contributed by atoms with Crippen LogP contribution >= 0.6 is 0 Å². The van der Waals surface area contributed by atoms with Crippen molar-refractivity contribution in [3.63, 3.8) is 0 Å². The van der Waals surface area contributed by atoms with Crippen LogP contribution in [0, 0.1) is 17.6 Å². The number of imidazole rings is 1. The van der Waals surface area contributed by atoms with Gasteiger partial charge >= 0.3 is 5.97 Å². The zero-order valence-electron chi connectivity index (χ0n) is 23.1. The van der Waals surface area contributed by atoms with Crippen LogP contribution in [0.25, 0.3) is 11.0 Å². The van der Waals surface area contributed by atoms with Crippen LogP contribution in [0.5, 0.6) is 5.75 Å². The molecule has 5 rings (SSSR count). The first-order valence-electron chi connectivity index (χ1n) is 13.3. The Kier molecular flexibility index (Phi) is 8.92. The number of aliphatic carboxylic acids is 1. The number of anilines is 1. The smallest absolute Gasteiger partial charge is 0.306 e. The van der Waals surface area contributed by atoms with Crippen molar-refractivity contribution in [3.05, 3.63) is 52.9 Å². The fourth-order valence-corrected chi connectivity index (χ4v) is 5.90. The molecule has 1 aliphatic carbocycles. The first-order valence-corrected chi connectivity index (χ1v) is 13.3. The maximum absolute atomic E-state index is 15.0. The molecule has 0 amide bonds. The number of benzene rings is 2. The second-order valence-corrected chi connectivity index (χ2v) is 10.3. The van der Waals surface area contributed by atoms with E-state index in [9.17, 15) is 19.4 Å². The number of rotatable bonds is 6. The Bertz CT molecular complexity index is 1390. The summed E-state index contributed by atoms with van der Waals surface area (Å²) in [5.41, 5.74) is 3.23. The summed E-state index contributed by atoms with van der Waals surface area (Å²) in [5.74, 6) is -3.47. The number of hydrogen-bond donors (Lipinski definition) is 2. The molecule has 2 N–H and O–H groups in total. The van der Waals surface area contributed by atoms with Crippen molar-refractivity contribution in [1.82, 2.24) is 9.55 Å². The number of aliphatic hydroxyl groups excluding tert-OH is 1. The molecule has 4 atom stereocenters. The summed E-state index contributed by atoms with van der Waals surface area (Å²) in [7, 11) is 4.68. The number of halogens is 2. The molecule has 1 fully saturated rings. The zero-order chi connectivity index (χ0) is 29.1. The van der Waals surface area contributed by atoms with Crippen LogP contribution in [0.1, 0.15) is 68.1 Å².